The Bertz CT molecular complexity index is 312. The summed E-state index contributed by atoms with van der Waals surface area (Å²) in [5.41, 5.74) is 2.00. The van der Waals surface area contributed by atoms with E-state index in [1.54, 1.807) is 0 Å². The first-order chi connectivity index (χ1) is 6.18. The number of carboxylic acids is 1. The summed E-state index contributed by atoms with van der Waals surface area (Å²) in [6.07, 6.45) is 1.94. The molecule has 1 rings (SSSR count). The van der Waals surface area contributed by atoms with E-state index in [9.17, 15) is 4.79 Å². The molecule has 0 amide bonds. The number of hydrogen-bond acceptors (Lipinski definition) is 1. The Balaban J connectivity index is 2.65. The predicted molar refractivity (Wildman–Crippen MR) is 51.5 cm³/mol. The molecule has 0 radical (unpaired) electrons. The van der Waals surface area contributed by atoms with Gasteiger partial charge in [-0.1, -0.05) is 35.9 Å². The first kappa shape index (κ1) is 9.52. The summed E-state index contributed by atoms with van der Waals surface area (Å²) in [5, 5.41) is 8.49. The fourth-order valence-electron chi connectivity index (χ4n) is 1.18. The van der Waals surface area contributed by atoms with Crippen molar-refractivity contribution in [2.24, 2.45) is 0 Å². The van der Waals surface area contributed by atoms with Gasteiger partial charge in [-0.25, -0.2) is 4.79 Å². The maximum Gasteiger partial charge on any atom is 0.328 e. The Hall–Kier alpha value is -1.57. The zero-order chi connectivity index (χ0) is 9.68. The molecule has 0 fully saturated rings. The Labute approximate surface area is 77.5 Å². The molecule has 13 heavy (non-hydrogen) atoms. The fourth-order valence-corrected chi connectivity index (χ4v) is 1.18. The van der Waals surface area contributed by atoms with E-state index in [0.29, 0.717) is 6.42 Å². The molecule has 0 saturated heterocycles. The monoisotopic (exact) mass is 176 g/mol. The number of benzene rings is 1. The summed E-state index contributed by atoms with van der Waals surface area (Å²) >= 11 is 0. The van der Waals surface area contributed by atoms with Crippen molar-refractivity contribution in [1.82, 2.24) is 0 Å². The highest BCUT2D eigenvalue weighted by atomic mass is 16.4. The van der Waals surface area contributed by atoms with Gasteiger partial charge in [0.15, 0.2) is 0 Å². The zero-order valence-electron chi connectivity index (χ0n) is 7.53. The SMILES string of the molecule is C/C(=C/C(=O)O)Cc1ccccc1. The van der Waals surface area contributed by atoms with E-state index in [0.717, 1.165) is 11.1 Å². The molecule has 2 nitrogen and oxygen atoms in total. The van der Waals surface area contributed by atoms with Crippen molar-refractivity contribution in [3.05, 3.63) is 47.5 Å². The van der Waals surface area contributed by atoms with Crippen LogP contribution in [0.1, 0.15) is 12.5 Å². The van der Waals surface area contributed by atoms with Crippen LogP contribution < -0.4 is 0 Å². The minimum absolute atomic E-state index is 0.702. The smallest absolute Gasteiger partial charge is 0.328 e. The molecule has 0 spiro atoms. The molecule has 2 heteroatoms. The molecule has 1 aromatic carbocycles. The van der Waals surface area contributed by atoms with Gasteiger partial charge in [0, 0.05) is 6.08 Å². The van der Waals surface area contributed by atoms with Crippen LogP contribution in [0.15, 0.2) is 42.0 Å². The number of rotatable bonds is 3. The highest BCUT2D eigenvalue weighted by Crippen LogP contribution is 2.06. The predicted octanol–water partition coefficient (Wildman–Crippen LogP) is 2.26. The molecular weight excluding hydrogens is 164 g/mol. The van der Waals surface area contributed by atoms with Gasteiger partial charge in [0.2, 0.25) is 0 Å². The standard InChI is InChI=1S/C11H12O2/c1-9(8-11(12)13)7-10-5-3-2-4-6-10/h2-6,8H,7H2,1H3,(H,12,13)/b9-8-. The van der Waals surface area contributed by atoms with Crippen LogP contribution in [0.3, 0.4) is 0 Å². The molecule has 0 bridgehead atoms. The van der Waals surface area contributed by atoms with E-state index in [-0.39, 0.29) is 0 Å². The summed E-state index contributed by atoms with van der Waals surface area (Å²) in [5.74, 6) is -0.881. The lowest BCUT2D eigenvalue weighted by atomic mass is 10.1. The average molecular weight is 176 g/mol. The lowest BCUT2D eigenvalue weighted by molar-refractivity contribution is -0.131. The van der Waals surface area contributed by atoms with Gasteiger partial charge in [0.25, 0.3) is 0 Å². The van der Waals surface area contributed by atoms with E-state index in [1.165, 1.54) is 6.08 Å². The van der Waals surface area contributed by atoms with Gasteiger partial charge in [0.1, 0.15) is 0 Å². The van der Waals surface area contributed by atoms with Crippen molar-refractivity contribution < 1.29 is 9.90 Å². The van der Waals surface area contributed by atoms with Crippen LogP contribution in [0.25, 0.3) is 0 Å². The molecule has 0 aliphatic rings. The van der Waals surface area contributed by atoms with Crippen LogP contribution in [0.5, 0.6) is 0 Å². The molecule has 68 valence electrons. The fraction of sp³-hybridized carbons (Fsp3) is 0.182. The van der Waals surface area contributed by atoms with Crippen LogP contribution in [0.2, 0.25) is 0 Å². The van der Waals surface area contributed by atoms with Crippen LogP contribution in [-0.4, -0.2) is 11.1 Å². The summed E-state index contributed by atoms with van der Waals surface area (Å²) in [6, 6.07) is 9.81. The Kier molecular flexibility index (Phi) is 3.26. The Morgan fingerprint density at radius 1 is 1.38 bits per heavy atom. The van der Waals surface area contributed by atoms with Crippen molar-refractivity contribution in [1.29, 1.82) is 0 Å². The van der Waals surface area contributed by atoms with Gasteiger partial charge in [-0.2, -0.15) is 0 Å². The summed E-state index contributed by atoms with van der Waals surface area (Å²) in [7, 11) is 0. The molecular formula is C11H12O2. The largest absolute Gasteiger partial charge is 0.478 e. The molecule has 0 aliphatic carbocycles. The van der Waals surface area contributed by atoms with Crippen LogP contribution in [0.4, 0.5) is 0 Å². The quantitative estimate of drug-likeness (QED) is 0.717. The third kappa shape index (κ3) is 3.56. The number of hydrogen-bond donors (Lipinski definition) is 1. The van der Waals surface area contributed by atoms with Crippen molar-refractivity contribution in [2.45, 2.75) is 13.3 Å². The van der Waals surface area contributed by atoms with E-state index in [1.807, 2.05) is 37.3 Å². The number of aliphatic carboxylic acids is 1. The van der Waals surface area contributed by atoms with Crippen molar-refractivity contribution in [3.63, 3.8) is 0 Å². The maximum absolute atomic E-state index is 10.3. The summed E-state index contributed by atoms with van der Waals surface area (Å²) in [6.45, 7) is 1.82. The van der Waals surface area contributed by atoms with Crippen molar-refractivity contribution in [2.75, 3.05) is 0 Å². The van der Waals surface area contributed by atoms with Crippen molar-refractivity contribution >= 4 is 5.97 Å². The van der Waals surface area contributed by atoms with Gasteiger partial charge in [-0.3, -0.25) is 0 Å². The lowest BCUT2D eigenvalue weighted by Crippen LogP contribution is -1.92. The first-order valence-electron chi connectivity index (χ1n) is 4.12. The maximum atomic E-state index is 10.3. The average Bonchev–Trinajstić information content (AvgIpc) is 2.04. The van der Waals surface area contributed by atoms with Crippen LogP contribution >= 0.6 is 0 Å². The third-order valence-electron chi connectivity index (χ3n) is 1.70. The molecule has 0 heterocycles. The highest BCUT2D eigenvalue weighted by molar-refractivity contribution is 5.80. The second kappa shape index (κ2) is 4.45. The molecule has 0 aliphatic heterocycles. The van der Waals surface area contributed by atoms with Gasteiger partial charge in [-0.15, -0.1) is 0 Å². The minimum atomic E-state index is -0.881. The number of carbonyl (C=O) groups is 1. The van der Waals surface area contributed by atoms with E-state index < -0.39 is 5.97 Å². The van der Waals surface area contributed by atoms with Crippen molar-refractivity contribution in [3.8, 4) is 0 Å². The van der Waals surface area contributed by atoms with Crippen LogP contribution in [0, 0.1) is 0 Å². The topological polar surface area (TPSA) is 37.3 Å². The Morgan fingerprint density at radius 3 is 2.54 bits per heavy atom. The van der Waals surface area contributed by atoms with Gasteiger partial charge in [-0.05, 0) is 18.9 Å². The summed E-state index contributed by atoms with van der Waals surface area (Å²) in [4.78, 5) is 10.3. The van der Waals surface area contributed by atoms with E-state index >= 15 is 0 Å². The van der Waals surface area contributed by atoms with Gasteiger partial charge in [0.05, 0.1) is 0 Å². The highest BCUT2D eigenvalue weighted by Gasteiger charge is 1.95. The second-order valence-corrected chi connectivity index (χ2v) is 2.99. The lowest BCUT2D eigenvalue weighted by Gasteiger charge is -1.99. The third-order valence-corrected chi connectivity index (χ3v) is 1.70. The first-order valence-corrected chi connectivity index (χ1v) is 4.12. The molecule has 1 aromatic rings. The molecule has 0 aromatic heterocycles. The van der Waals surface area contributed by atoms with Crippen LogP contribution in [-0.2, 0) is 11.2 Å². The van der Waals surface area contributed by atoms with E-state index in [2.05, 4.69) is 0 Å². The summed E-state index contributed by atoms with van der Waals surface area (Å²) < 4.78 is 0. The normalized spacial score (nSPS) is 11.3. The Morgan fingerprint density at radius 2 is 2.00 bits per heavy atom. The molecule has 0 atom stereocenters. The minimum Gasteiger partial charge on any atom is -0.478 e. The number of carboxylic acid groups (broad SMARTS) is 1. The number of allylic oxidation sites excluding steroid dienone is 1. The zero-order valence-corrected chi connectivity index (χ0v) is 7.53. The van der Waals surface area contributed by atoms with E-state index in [4.69, 9.17) is 5.11 Å². The molecule has 0 saturated carbocycles. The van der Waals surface area contributed by atoms with Gasteiger partial charge < -0.3 is 5.11 Å². The van der Waals surface area contributed by atoms with Gasteiger partial charge >= 0.3 is 5.97 Å². The second-order valence-electron chi connectivity index (χ2n) is 2.99. The molecule has 0 unspecified atom stereocenters. The molecule has 1 N–H and O–H groups in total.